The molecule has 0 aliphatic carbocycles. The Kier molecular flexibility index (Phi) is 5.96. The van der Waals surface area contributed by atoms with Crippen LogP contribution in [0.3, 0.4) is 0 Å². The van der Waals surface area contributed by atoms with Gasteiger partial charge in [-0.2, -0.15) is 0 Å². The van der Waals surface area contributed by atoms with Crippen LogP contribution in [0, 0.1) is 6.92 Å². The van der Waals surface area contributed by atoms with Crippen molar-refractivity contribution in [3.05, 3.63) is 17.0 Å². The summed E-state index contributed by atoms with van der Waals surface area (Å²) in [6.07, 6.45) is 1.92. The summed E-state index contributed by atoms with van der Waals surface area (Å²) in [5.74, 6) is 0.653. The Morgan fingerprint density at radius 2 is 2.11 bits per heavy atom. The lowest BCUT2D eigenvalue weighted by atomic mass is 10.4. The third-order valence-corrected chi connectivity index (χ3v) is 4.09. The number of aromatic nitrogens is 2. The molecule has 0 aliphatic heterocycles. The van der Waals surface area contributed by atoms with Crippen molar-refractivity contribution < 1.29 is 8.42 Å². The van der Waals surface area contributed by atoms with E-state index in [0.29, 0.717) is 31.9 Å². The summed E-state index contributed by atoms with van der Waals surface area (Å²) in [5.41, 5.74) is 0.786. The molecule has 6 nitrogen and oxygen atoms in total. The maximum Gasteiger partial charge on any atom is 0.224 e. The fourth-order valence-electron chi connectivity index (χ4n) is 1.65. The standard InChI is InChI=1S/C11H19ClN4O2S/c1-4-16(19(3,17)18)7-5-6-13-10-8-9(2)14-11(12)15-10/h8H,4-7H2,1-3H3,(H,13,14,15). The van der Waals surface area contributed by atoms with E-state index < -0.39 is 10.0 Å². The molecule has 0 aliphatic rings. The second kappa shape index (κ2) is 7.02. The molecule has 1 heterocycles. The van der Waals surface area contributed by atoms with E-state index in [1.54, 1.807) is 6.07 Å². The first kappa shape index (κ1) is 16.1. The molecule has 0 saturated carbocycles. The predicted molar refractivity (Wildman–Crippen MR) is 77.0 cm³/mol. The fourth-order valence-corrected chi connectivity index (χ4v) is 2.81. The van der Waals surface area contributed by atoms with Crippen LogP contribution in [0.25, 0.3) is 0 Å². The Bertz CT molecular complexity index is 501. The van der Waals surface area contributed by atoms with Gasteiger partial charge in [-0.1, -0.05) is 6.92 Å². The summed E-state index contributed by atoms with van der Waals surface area (Å²) in [6.45, 7) is 5.25. The zero-order valence-corrected chi connectivity index (χ0v) is 12.9. The van der Waals surface area contributed by atoms with Gasteiger partial charge < -0.3 is 5.32 Å². The Hall–Kier alpha value is -0.920. The van der Waals surface area contributed by atoms with Crippen molar-refractivity contribution in [2.45, 2.75) is 20.3 Å². The smallest absolute Gasteiger partial charge is 0.224 e. The lowest BCUT2D eigenvalue weighted by molar-refractivity contribution is 0.428. The molecule has 0 fully saturated rings. The van der Waals surface area contributed by atoms with Gasteiger partial charge in [-0.3, -0.25) is 0 Å². The Labute approximate surface area is 119 Å². The SMILES string of the molecule is CCN(CCCNc1cc(C)nc(Cl)n1)S(C)(=O)=O. The minimum Gasteiger partial charge on any atom is -0.370 e. The molecular formula is C11H19ClN4O2S. The average Bonchev–Trinajstić information content (AvgIpc) is 2.25. The van der Waals surface area contributed by atoms with Gasteiger partial charge in [-0.05, 0) is 24.9 Å². The molecule has 1 aromatic rings. The van der Waals surface area contributed by atoms with Gasteiger partial charge in [0.1, 0.15) is 5.82 Å². The molecule has 0 radical (unpaired) electrons. The highest BCUT2D eigenvalue weighted by Gasteiger charge is 2.13. The zero-order chi connectivity index (χ0) is 14.5. The highest BCUT2D eigenvalue weighted by molar-refractivity contribution is 7.88. The van der Waals surface area contributed by atoms with Crippen molar-refractivity contribution in [2.24, 2.45) is 0 Å². The van der Waals surface area contributed by atoms with Crippen LogP contribution in [0.5, 0.6) is 0 Å². The van der Waals surface area contributed by atoms with Crippen molar-refractivity contribution in [2.75, 3.05) is 31.2 Å². The second-order valence-corrected chi connectivity index (χ2v) is 6.52. The van der Waals surface area contributed by atoms with E-state index in [1.165, 1.54) is 10.6 Å². The molecule has 0 spiro atoms. The Morgan fingerprint density at radius 1 is 1.42 bits per heavy atom. The van der Waals surface area contributed by atoms with Crippen molar-refractivity contribution in [3.63, 3.8) is 0 Å². The van der Waals surface area contributed by atoms with Crippen molar-refractivity contribution in [1.82, 2.24) is 14.3 Å². The third-order valence-electron chi connectivity index (χ3n) is 2.54. The van der Waals surface area contributed by atoms with Gasteiger partial charge in [-0.15, -0.1) is 0 Å². The van der Waals surface area contributed by atoms with E-state index in [-0.39, 0.29) is 5.28 Å². The first-order valence-electron chi connectivity index (χ1n) is 6.03. The van der Waals surface area contributed by atoms with Crippen LogP contribution in [-0.4, -0.2) is 48.6 Å². The molecule has 0 bridgehead atoms. The van der Waals surface area contributed by atoms with Gasteiger partial charge >= 0.3 is 0 Å². The number of hydrogen-bond donors (Lipinski definition) is 1. The van der Waals surface area contributed by atoms with Crippen LogP contribution >= 0.6 is 11.6 Å². The summed E-state index contributed by atoms with van der Waals surface area (Å²) < 4.78 is 24.2. The van der Waals surface area contributed by atoms with E-state index in [2.05, 4.69) is 15.3 Å². The summed E-state index contributed by atoms with van der Waals surface area (Å²) >= 11 is 5.75. The molecule has 108 valence electrons. The second-order valence-electron chi connectivity index (χ2n) is 4.20. The number of nitrogens with zero attached hydrogens (tertiary/aromatic N) is 3. The van der Waals surface area contributed by atoms with Gasteiger partial charge in [0.05, 0.1) is 6.26 Å². The van der Waals surface area contributed by atoms with E-state index in [9.17, 15) is 8.42 Å². The molecule has 0 atom stereocenters. The van der Waals surface area contributed by atoms with Crippen molar-refractivity contribution >= 4 is 27.4 Å². The van der Waals surface area contributed by atoms with Gasteiger partial charge in [-0.25, -0.2) is 22.7 Å². The zero-order valence-electron chi connectivity index (χ0n) is 11.4. The molecule has 8 heteroatoms. The van der Waals surface area contributed by atoms with Crippen LogP contribution in [0.1, 0.15) is 19.0 Å². The van der Waals surface area contributed by atoms with Crippen LogP contribution < -0.4 is 5.32 Å². The number of hydrogen-bond acceptors (Lipinski definition) is 5. The van der Waals surface area contributed by atoms with Crippen LogP contribution in [0.15, 0.2) is 6.07 Å². The molecule has 1 N–H and O–H groups in total. The number of sulfonamides is 1. The molecule has 1 rings (SSSR count). The summed E-state index contributed by atoms with van der Waals surface area (Å²) in [4.78, 5) is 7.99. The highest BCUT2D eigenvalue weighted by Crippen LogP contribution is 2.09. The summed E-state index contributed by atoms with van der Waals surface area (Å²) in [6, 6.07) is 1.79. The topological polar surface area (TPSA) is 75.2 Å². The molecule has 0 saturated heterocycles. The molecule has 0 unspecified atom stereocenters. The van der Waals surface area contributed by atoms with Crippen LogP contribution in [0.2, 0.25) is 5.28 Å². The average molecular weight is 307 g/mol. The minimum atomic E-state index is -3.11. The van der Waals surface area contributed by atoms with Gasteiger partial charge in [0.15, 0.2) is 0 Å². The van der Waals surface area contributed by atoms with Gasteiger partial charge in [0.2, 0.25) is 15.3 Å². The van der Waals surface area contributed by atoms with E-state index in [4.69, 9.17) is 11.6 Å². The number of nitrogens with one attached hydrogen (secondary N) is 1. The Morgan fingerprint density at radius 3 is 2.63 bits per heavy atom. The van der Waals surface area contributed by atoms with E-state index >= 15 is 0 Å². The lowest BCUT2D eigenvalue weighted by Gasteiger charge is -2.17. The number of aryl methyl sites for hydroxylation is 1. The summed E-state index contributed by atoms with van der Waals surface area (Å²) in [5, 5.41) is 3.30. The third kappa shape index (κ3) is 5.71. The number of anilines is 1. The largest absolute Gasteiger partial charge is 0.370 e. The Balaban J connectivity index is 2.42. The van der Waals surface area contributed by atoms with Crippen molar-refractivity contribution in [3.8, 4) is 0 Å². The monoisotopic (exact) mass is 306 g/mol. The first-order chi connectivity index (χ1) is 8.82. The molecule has 19 heavy (non-hydrogen) atoms. The maximum absolute atomic E-state index is 11.4. The normalized spacial score (nSPS) is 11.8. The quantitative estimate of drug-likeness (QED) is 0.610. The molecule has 0 aromatic carbocycles. The lowest BCUT2D eigenvalue weighted by Crippen LogP contribution is -2.31. The summed E-state index contributed by atoms with van der Waals surface area (Å²) in [7, 11) is -3.11. The van der Waals surface area contributed by atoms with Crippen LogP contribution in [-0.2, 0) is 10.0 Å². The van der Waals surface area contributed by atoms with Gasteiger partial charge in [0.25, 0.3) is 0 Å². The number of halogens is 1. The first-order valence-corrected chi connectivity index (χ1v) is 8.25. The van der Waals surface area contributed by atoms with Crippen molar-refractivity contribution in [1.29, 1.82) is 0 Å². The minimum absolute atomic E-state index is 0.203. The molecule has 0 amide bonds. The molecular weight excluding hydrogens is 288 g/mol. The van der Waals surface area contributed by atoms with Crippen LogP contribution in [0.4, 0.5) is 5.82 Å². The predicted octanol–water partition coefficient (Wildman–Crippen LogP) is 1.52. The fraction of sp³-hybridized carbons (Fsp3) is 0.636. The van der Waals surface area contributed by atoms with Gasteiger partial charge in [0, 0.05) is 31.4 Å². The van der Waals surface area contributed by atoms with E-state index in [0.717, 1.165) is 5.69 Å². The maximum atomic E-state index is 11.4. The van der Waals surface area contributed by atoms with E-state index in [1.807, 2.05) is 13.8 Å². The number of rotatable bonds is 7. The highest BCUT2D eigenvalue weighted by atomic mass is 35.5. The molecule has 1 aromatic heterocycles.